The summed E-state index contributed by atoms with van der Waals surface area (Å²) in [5.41, 5.74) is 0. The summed E-state index contributed by atoms with van der Waals surface area (Å²) in [6.45, 7) is 8.41. The summed E-state index contributed by atoms with van der Waals surface area (Å²) >= 11 is 0. The summed E-state index contributed by atoms with van der Waals surface area (Å²) in [5, 5.41) is 6.60. The zero-order chi connectivity index (χ0) is 14.5. The Balaban J connectivity index is 1.70. The molecule has 0 spiro atoms. The van der Waals surface area contributed by atoms with E-state index in [1.165, 1.54) is 32.1 Å². The predicted molar refractivity (Wildman–Crippen MR) is 84.7 cm³/mol. The minimum Gasteiger partial charge on any atom is -0.480 e. The van der Waals surface area contributed by atoms with Crippen LogP contribution >= 0.6 is 0 Å². The van der Waals surface area contributed by atoms with E-state index in [0.29, 0.717) is 5.92 Å². The molecule has 2 aliphatic carbocycles. The third kappa shape index (κ3) is 5.34. The molecule has 0 atom stereocenters. The van der Waals surface area contributed by atoms with Crippen molar-refractivity contribution in [1.82, 2.24) is 5.01 Å². The molecule has 0 aliphatic heterocycles. The van der Waals surface area contributed by atoms with E-state index in [1.54, 1.807) is 0 Å². The number of rotatable bonds is 9. The highest BCUT2D eigenvalue weighted by molar-refractivity contribution is 5.75. The van der Waals surface area contributed by atoms with Crippen molar-refractivity contribution in [3.8, 4) is 0 Å². The van der Waals surface area contributed by atoms with Gasteiger partial charge in [-0.25, -0.2) is 0 Å². The summed E-state index contributed by atoms with van der Waals surface area (Å²) in [4.78, 5) is 0. The molecule has 0 saturated heterocycles. The normalized spacial score (nSPS) is 19.8. The molecule has 0 N–H and O–H groups in total. The second kappa shape index (κ2) is 7.33. The van der Waals surface area contributed by atoms with Gasteiger partial charge in [0.15, 0.2) is 0 Å². The molecule has 0 radical (unpaired) electrons. The van der Waals surface area contributed by atoms with Crippen molar-refractivity contribution in [1.29, 1.82) is 0 Å². The third-order valence-electron chi connectivity index (χ3n) is 4.39. The summed E-state index contributed by atoms with van der Waals surface area (Å²) in [6, 6.07) is 0. The lowest BCUT2D eigenvalue weighted by molar-refractivity contribution is 0.223. The van der Waals surface area contributed by atoms with E-state index in [9.17, 15) is 0 Å². The van der Waals surface area contributed by atoms with Gasteiger partial charge in [0.2, 0.25) is 5.90 Å². The van der Waals surface area contributed by atoms with Crippen LogP contribution in [0.3, 0.4) is 0 Å². The van der Waals surface area contributed by atoms with Gasteiger partial charge in [-0.05, 0) is 55.8 Å². The number of nitrogens with zero attached hydrogens (tertiary/aromatic N) is 2. The molecule has 20 heavy (non-hydrogen) atoms. The molecule has 2 saturated carbocycles. The van der Waals surface area contributed by atoms with Crippen LogP contribution in [0.15, 0.2) is 5.10 Å². The maximum absolute atomic E-state index is 5.94. The Morgan fingerprint density at radius 3 is 2.25 bits per heavy atom. The molecule has 2 fully saturated rings. The maximum atomic E-state index is 5.94. The van der Waals surface area contributed by atoms with Crippen LogP contribution in [0.25, 0.3) is 0 Å². The lowest BCUT2D eigenvalue weighted by Crippen LogP contribution is -2.21. The molecule has 3 nitrogen and oxygen atoms in total. The molecular weight excluding hydrogens is 248 g/mol. The lowest BCUT2D eigenvalue weighted by atomic mass is 9.95. The second-order valence-electron chi connectivity index (χ2n) is 7.06. The van der Waals surface area contributed by atoms with Crippen molar-refractivity contribution in [3.05, 3.63) is 0 Å². The van der Waals surface area contributed by atoms with E-state index in [4.69, 9.17) is 4.74 Å². The van der Waals surface area contributed by atoms with Crippen LogP contribution in [0.1, 0.15) is 59.3 Å². The third-order valence-corrected chi connectivity index (χ3v) is 4.39. The summed E-state index contributed by atoms with van der Waals surface area (Å²) in [5.74, 6) is 4.53. The molecule has 0 amide bonds. The molecular formula is C17H32N2O. The number of hydrogen-bond acceptors (Lipinski definition) is 3. The van der Waals surface area contributed by atoms with E-state index in [0.717, 1.165) is 43.2 Å². The molecule has 0 aromatic rings. The van der Waals surface area contributed by atoms with Crippen LogP contribution in [0.2, 0.25) is 0 Å². The molecule has 2 aliphatic rings. The highest BCUT2D eigenvalue weighted by Crippen LogP contribution is 2.50. The van der Waals surface area contributed by atoms with Gasteiger partial charge in [-0.2, -0.15) is 0 Å². The predicted octanol–water partition coefficient (Wildman–Crippen LogP) is 4.14. The first-order chi connectivity index (χ1) is 9.60. The van der Waals surface area contributed by atoms with Gasteiger partial charge >= 0.3 is 0 Å². The van der Waals surface area contributed by atoms with Crippen molar-refractivity contribution in [2.24, 2.45) is 28.8 Å². The van der Waals surface area contributed by atoms with E-state index >= 15 is 0 Å². The highest BCUT2D eigenvalue weighted by Gasteiger charge is 2.40. The number of hydrazone groups is 1. The van der Waals surface area contributed by atoms with Crippen molar-refractivity contribution in [2.45, 2.75) is 59.3 Å². The molecule has 116 valence electrons. The molecule has 0 aromatic carbocycles. The second-order valence-corrected chi connectivity index (χ2v) is 7.06. The Bertz CT molecular complexity index is 307. The van der Waals surface area contributed by atoms with Gasteiger partial charge in [0.05, 0.1) is 6.61 Å². The van der Waals surface area contributed by atoms with Gasteiger partial charge in [0.1, 0.15) is 0 Å². The van der Waals surface area contributed by atoms with Gasteiger partial charge in [0.25, 0.3) is 0 Å². The molecule has 0 heterocycles. The molecule has 2 rings (SSSR count). The first-order valence-electron chi connectivity index (χ1n) is 8.51. The average Bonchev–Trinajstić information content (AvgIpc) is 3.26. The Kier molecular flexibility index (Phi) is 5.74. The van der Waals surface area contributed by atoms with Gasteiger partial charge in [-0.3, -0.25) is 5.01 Å². The topological polar surface area (TPSA) is 24.8 Å². The Hall–Kier alpha value is -0.730. The van der Waals surface area contributed by atoms with Gasteiger partial charge < -0.3 is 4.74 Å². The van der Waals surface area contributed by atoms with E-state index in [2.05, 4.69) is 25.9 Å². The minimum atomic E-state index is 0.635. The summed E-state index contributed by atoms with van der Waals surface area (Å²) in [6.07, 6.45) is 7.99. The summed E-state index contributed by atoms with van der Waals surface area (Å²) in [7, 11) is 2.04. The van der Waals surface area contributed by atoms with Crippen molar-refractivity contribution < 1.29 is 4.74 Å². The maximum Gasteiger partial charge on any atom is 0.205 e. The van der Waals surface area contributed by atoms with Crippen molar-refractivity contribution in [2.75, 3.05) is 20.2 Å². The fraction of sp³-hybridized carbons (Fsp3) is 0.941. The van der Waals surface area contributed by atoms with E-state index in [-0.39, 0.29) is 0 Å². The van der Waals surface area contributed by atoms with Gasteiger partial charge in [0, 0.05) is 20.0 Å². The van der Waals surface area contributed by atoms with Gasteiger partial charge in [-0.15, -0.1) is 5.10 Å². The van der Waals surface area contributed by atoms with E-state index in [1.807, 2.05) is 12.1 Å². The molecule has 0 aromatic heterocycles. The van der Waals surface area contributed by atoms with Gasteiger partial charge in [-0.1, -0.05) is 20.8 Å². The monoisotopic (exact) mass is 280 g/mol. The quantitative estimate of drug-likeness (QED) is 0.360. The van der Waals surface area contributed by atoms with Crippen molar-refractivity contribution in [3.63, 3.8) is 0 Å². The van der Waals surface area contributed by atoms with E-state index < -0.39 is 0 Å². The minimum absolute atomic E-state index is 0.635. The van der Waals surface area contributed by atoms with Crippen LogP contribution < -0.4 is 0 Å². The lowest BCUT2D eigenvalue weighted by Gasteiger charge is -2.19. The zero-order valence-corrected chi connectivity index (χ0v) is 13.8. The number of hydrogen-bond donors (Lipinski definition) is 0. The largest absolute Gasteiger partial charge is 0.480 e. The Morgan fingerprint density at radius 1 is 1.20 bits per heavy atom. The van der Waals surface area contributed by atoms with Crippen LogP contribution in [-0.2, 0) is 4.74 Å². The van der Waals surface area contributed by atoms with Crippen LogP contribution in [0, 0.1) is 23.7 Å². The molecule has 0 bridgehead atoms. The molecule has 3 heteroatoms. The SMILES string of the molecule is CC/C(=N\N(C)CC(C)C)OCCC(C1CC1)C1CC1. The standard InChI is InChI=1S/C17H32N2O/c1-5-17(18-19(4)12-13(2)3)20-11-10-16(14-6-7-14)15-8-9-15/h13-16H,5-12H2,1-4H3/b18-17+. The Morgan fingerprint density at radius 2 is 1.80 bits per heavy atom. The fourth-order valence-electron chi connectivity index (χ4n) is 3.18. The van der Waals surface area contributed by atoms with Crippen molar-refractivity contribution >= 4 is 5.90 Å². The first kappa shape index (κ1) is 15.7. The average molecular weight is 280 g/mol. The summed E-state index contributed by atoms with van der Waals surface area (Å²) < 4.78 is 5.94. The molecule has 0 unspecified atom stereocenters. The number of ether oxygens (including phenoxy) is 1. The highest BCUT2D eigenvalue weighted by atomic mass is 16.5. The van der Waals surface area contributed by atoms with Crippen LogP contribution in [0.5, 0.6) is 0 Å². The van der Waals surface area contributed by atoms with Crippen LogP contribution in [0.4, 0.5) is 0 Å². The smallest absolute Gasteiger partial charge is 0.205 e. The fourth-order valence-corrected chi connectivity index (χ4v) is 3.18. The van der Waals surface area contributed by atoms with Crippen LogP contribution in [-0.4, -0.2) is 31.1 Å². The Labute approximate surface area is 124 Å². The zero-order valence-electron chi connectivity index (χ0n) is 13.8. The first-order valence-corrected chi connectivity index (χ1v) is 8.51.